The normalized spacial score (nSPS) is 11.2. The molecule has 1 aromatic carbocycles. The first-order chi connectivity index (χ1) is 12.4. The van der Waals surface area contributed by atoms with Crippen molar-refractivity contribution in [3.63, 3.8) is 0 Å². The minimum atomic E-state index is -3.61. The van der Waals surface area contributed by atoms with Crippen molar-refractivity contribution >= 4 is 21.7 Å². The van der Waals surface area contributed by atoms with Crippen LogP contribution in [0.15, 0.2) is 49.1 Å². The summed E-state index contributed by atoms with van der Waals surface area (Å²) in [6.45, 7) is 0. The third-order valence-electron chi connectivity index (χ3n) is 3.36. The number of nitrogens with zero attached hydrogens (tertiary/aromatic N) is 4. The van der Waals surface area contributed by atoms with E-state index in [1.54, 1.807) is 49.8 Å². The molecule has 0 unspecified atom stereocenters. The maximum atomic E-state index is 11.2. The van der Waals surface area contributed by atoms with Gasteiger partial charge in [0.15, 0.2) is 5.82 Å². The summed E-state index contributed by atoms with van der Waals surface area (Å²) in [5.41, 5.74) is 1.81. The van der Waals surface area contributed by atoms with Crippen molar-refractivity contribution < 1.29 is 13.2 Å². The maximum Gasteiger partial charge on any atom is 0.230 e. The standard InChI is InChI=1S/C16H16N6O3S/c1-25-14-5-6-18-8-13(14)15-19-10-20-16(22-15)21-12-4-2-3-11(7-12)9-26(17,23)24/h2-8,10H,9H2,1H3,(H2,17,23,24)(H,19,20,21,22). The molecule has 0 aliphatic rings. The number of ether oxygens (including phenoxy) is 1. The molecule has 10 heteroatoms. The van der Waals surface area contributed by atoms with E-state index in [1.165, 1.54) is 6.33 Å². The molecule has 0 aliphatic heterocycles. The molecule has 0 atom stereocenters. The van der Waals surface area contributed by atoms with Gasteiger partial charge in [-0.15, -0.1) is 0 Å². The second-order valence-corrected chi connectivity index (χ2v) is 6.96. The van der Waals surface area contributed by atoms with E-state index >= 15 is 0 Å². The summed E-state index contributed by atoms with van der Waals surface area (Å²) in [5, 5.41) is 8.10. The number of nitrogens with one attached hydrogen (secondary N) is 1. The lowest BCUT2D eigenvalue weighted by Gasteiger charge is -2.09. The molecule has 3 N–H and O–H groups in total. The van der Waals surface area contributed by atoms with Crippen molar-refractivity contribution in [1.82, 2.24) is 19.9 Å². The molecule has 26 heavy (non-hydrogen) atoms. The summed E-state index contributed by atoms with van der Waals surface area (Å²) >= 11 is 0. The van der Waals surface area contributed by atoms with Crippen LogP contribution in [-0.4, -0.2) is 35.5 Å². The van der Waals surface area contributed by atoms with Crippen LogP contribution in [0.4, 0.5) is 11.6 Å². The fourth-order valence-corrected chi connectivity index (χ4v) is 2.96. The number of methoxy groups -OCH3 is 1. The van der Waals surface area contributed by atoms with Gasteiger partial charge in [-0.1, -0.05) is 12.1 Å². The second-order valence-electron chi connectivity index (χ2n) is 5.34. The molecule has 0 radical (unpaired) electrons. The van der Waals surface area contributed by atoms with Gasteiger partial charge >= 0.3 is 0 Å². The fraction of sp³-hybridized carbons (Fsp3) is 0.125. The smallest absolute Gasteiger partial charge is 0.230 e. The summed E-state index contributed by atoms with van der Waals surface area (Å²) in [7, 11) is -2.06. The quantitative estimate of drug-likeness (QED) is 0.664. The van der Waals surface area contributed by atoms with E-state index in [2.05, 4.69) is 25.3 Å². The van der Waals surface area contributed by atoms with Gasteiger partial charge in [0.25, 0.3) is 0 Å². The summed E-state index contributed by atoms with van der Waals surface area (Å²) < 4.78 is 27.8. The Morgan fingerprint density at radius 3 is 2.85 bits per heavy atom. The highest BCUT2D eigenvalue weighted by molar-refractivity contribution is 7.88. The van der Waals surface area contributed by atoms with E-state index in [-0.39, 0.29) is 5.75 Å². The summed E-state index contributed by atoms with van der Waals surface area (Å²) in [6, 6.07) is 8.53. The number of benzene rings is 1. The Balaban J connectivity index is 1.87. The van der Waals surface area contributed by atoms with E-state index < -0.39 is 10.0 Å². The number of hydrogen-bond acceptors (Lipinski definition) is 8. The first-order valence-electron chi connectivity index (χ1n) is 7.48. The lowest BCUT2D eigenvalue weighted by atomic mass is 10.2. The Hall–Kier alpha value is -3.11. The number of hydrogen-bond donors (Lipinski definition) is 2. The first-order valence-corrected chi connectivity index (χ1v) is 9.20. The topological polar surface area (TPSA) is 133 Å². The van der Waals surface area contributed by atoms with Crippen LogP contribution >= 0.6 is 0 Å². The highest BCUT2D eigenvalue weighted by Gasteiger charge is 2.11. The van der Waals surface area contributed by atoms with Crippen LogP contribution in [0, 0.1) is 0 Å². The monoisotopic (exact) mass is 372 g/mol. The minimum absolute atomic E-state index is 0.252. The highest BCUT2D eigenvalue weighted by Crippen LogP contribution is 2.26. The predicted octanol–water partition coefficient (Wildman–Crippen LogP) is 1.47. The van der Waals surface area contributed by atoms with Gasteiger partial charge in [-0.3, -0.25) is 4.98 Å². The molecule has 0 saturated heterocycles. The third-order valence-corrected chi connectivity index (χ3v) is 4.10. The predicted molar refractivity (Wildman–Crippen MR) is 96.1 cm³/mol. The molecule has 0 saturated carbocycles. The molecule has 9 nitrogen and oxygen atoms in total. The Morgan fingerprint density at radius 1 is 1.23 bits per heavy atom. The number of anilines is 2. The number of nitrogens with two attached hydrogens (primary N) is 1. The van der Waals surface area contributed by atoms with Crippen LogP contribution in [0.5, 0.6) is 5.75 Å². The van der Waals surface area contributed by atoms with Crippen LogP contribution in [0.1, 0.15) is 5.56 Å². The van der Waals surface area contributed by atoms with Crippen molar-refractivity contribution in [2.24, 2.45) is 5.14 Å². The maximum absolute atomic E-state index is 11.2. The number of sulfonamides is 1. The fourth-order valence-electron chi connectivity index (χ4n) is 2.31. The molecule has 0 bridgehead atoms. The van der Waals surface area contributed by atoms with Crippen LogP contribution in [0.25, 0.3) is 11.4 Å². The molecule has 2 aromatic heterocycles. The van der Waals surface area contributed by atoms with Gasteiger partial charge in [0.2, 0.25) is 16.0 Å². The molecule has 0 fully saturated rings. The van der Waals surface area contributed by atoms with Crippen molar-refractivity contribution in [2.75, 3.05) is 12.4 Å². The molecular weight excluding hydrogens is 356 g/mol. The van der Waals surface area contributed by atoms with Crippen LogP contribution in [-0.2, 0) is 15.8 Å². The number of aromatic nitrogens is 4. The van der Waals surface area contributed by atoms with E-state index in [0.29, 0.717) is 34.3 Å². The summed E-state index contributed by atoms with van der Waals surface area (Å²) in [5.74, 6) is 1.03. The van der Waals surface area contributed by atoms with Crippen molar-refractivity contribution in [3.8, 4) is 17.1 Å². The Labute approximate surface area is 150 Å². The molecule has 134 valence electrons. The third kappa shape index (κ3) is 4.49. The average Bonchev–Trinajstić information content (AvgIpc) is 2.61. The Morgan fingerprint density at radius 2 is 2.08 bits per heavy atom. The molecular formula is C16H16N6O3S. The minimum Gasteiger partial charge on any atom is -0.496 e. The zero-order chi connectivity index (χ0) is 18.6. The number of rotatable bonds is 6. The average molecular weight is 372 g/mol. The summed E-state index contributed by atoms with van der Waals surface area (Å²) in [6.07, 6.45) is 4.58. The van der Waals surface area contributed by atoms with E-state index in [9.17, 15) is 8.42 Å². The molecule has 0 spiro atoms. The first kappa shape index (κ1) is 17.7. The molecule has 3 rings (SSSR count). The van der Waals surface area contributed by atoms with Crippen molar-refractivity contribution in [3.05, 3.63) is 54.6 Å². The van der Waals surface area contributed by atoms with E-state index in [0.717, 1.165) is 0 Å². The number of primary sulfonamides is 1. The zero-order valence-electron chi connectivity index (χ0n) is 13.8. The van der Waals surface area contributed by atoms with Crippen molar-refractivity contribution in [1.29, 1.82) is 0 Å². The molecule has 2 heterocycles. The second kappa shape index (κ2) is 7.42. The van der Waals surface area contributed by atoms with Gasteiger partial charge < -0.3 is 10.1 Å². The van der Waals surface area contributed by atoms with Gasteiger partial charge in [0, 0.05) is 18.1 Å². The van der Waals surface area contributed by atoms with Gasteiger partial charge in [0.05, 0.1) is 18.4 Å². The van der Waals surface area contributed by atoms with Gasteiger partial charge in [0.1, 0.15) is 12.1 Å². The molecule has 3 aromatic rings. The van der Waals surface area contributed by atoms with Gasteiger partial charge in [-0.2, -0.15) is 4.98 Å². The van der Waals surface area contributed by atoms with E-state index in [4.69, 9.17) is 9.88 Å². The molecule has 0 aliphatic carbocycles. The number of pyridine rings is 1. The van der Waals surface area contributed by atoms with Crippen molar-refractivity contribution in [2.45, 2.75) is 5.75 Å². The Bertz CT molecular complexity index is 1030. The Kier molecular flexibility index (Phi) is 5.05. The lowest BCUT2D eigenvalue weighted by molar-refractivity contribution is 0.415. The summed E-state index contributed by atoms with van der Waals surface area (Å²) in [4.78, 5) is 16.6. The molecule has 0 amide bonds. The highest BCUT2D eigenvalue weighted by atomic mass is 32.2. The van der Waals surface area contributed by atoms with Crippen LogP contribution < -0.4 is 15.2 Å². The zero-order valence-corrected chi connectivity index (χ0v) is 14.6. The SMILES string of the molecule is COc1ccncc1-c1ncnc(Nc2cccc(CS(N)(=O)=O)c2)n1. The lowest BCUT2D eigenvalue weighted by Crippen LogP contribution is -2.14. The van der Waals surface area contributed by atoms with Gasteiger partial charge in [-0.05, 0) is 23.8 Å². The van der Waals surface area contributed by atoms with E-state index in [1.807, 2.05) is 0 Å². The largest absolute Gasteiger partial charge is 0.496 e. The van der Waals surface area contributed by atoms with Crippen LogP contribution in [0.2, 0.25) is 0 Å². The van der Waals surface area contributed by atoms with Crippen LogP contribution in [0.3, 0.4) is 0 Å². The van der Waals surface area contributed by atoms with Gasteiger partial charge in [-0.25, -0.2) is 23.5 Å².